The van der Waals surface area contributed by atoms with Crippen LogP contribution in [0.25, 0.3) is 0 Å². The van der Waals surface area contributed by atoms with Crippen LogP contribution in [0.5, 0.6) is 11.5 Å². The van der Waals surface area contributed by atoms with E-state index in [1.807, 2.05) is 0 Å². The van der Waals surface area contributed by atoms with Gasteiger partial charge in [-0.25, -0.2) is 4.79 Å². The van der Waals surface area contributed by atoms with Gasteiger partial charge in [0, 0.05) is 18.0 Å². The van der Waals surface area contributed by atoms with Crippen molar-refractivity contribution in [3.8, 4) is 11.5 Å². The molecule has 0 radical (unpaired) electrons. The molecule has 2 aliphatic rings. The van der Waals surface area contributed by atoms with Crippen LogP contribution in [0.3, 0.4) is 0 Å². The zero-order chi connectivity index (χ0) is 20.8. The van der Waals surface area contributed by atoms with Crippen LogP contribution in [0.15, 0.2) is 42.7 Å². The molecular formula is C18H14F3N3O5. The van der Waals surface area contributed by atoms with Crippen LogP contribution >= 0.6 is 0 Å². The van der Waals surface area contributed by atoms with Gasteiger partial charge in [-0.1, -0.05) is 6.07 Å². The third-order valence-corrected chi connectivity index (χ3v) is 4.79. The Labute approximate surface area is 161 Å². The summed E-state index contributed by atoms with van der Waals surface area (Å²) in [4.78, 5) is 28.8. The number of rotatable bonds is 3. The summed E-state index contributed by atoms with van der Waals surface area (Å²) in [7, 11) is 0. The van der Waals surface area contributed by atoms with Crippen molar-refractivity contribution >= 4 is 11.8 Å². The second-order valence-electron chi connectivity index (χ2n) is 6.54. The molecule has 2 aliphatic heterocycles. The fourth-order valence-corrected chi connectivity index (χ4v) is 3.41. The number of ether oxygens (including phenoxy) is 2. The molecule has 0 spiro atoms. The zero-order valence-corrected chi connectivity index (χ0v) is 14.6. The molecular weight excluding hydrogens is 395 g/mol. The van der Waals surface area contributed by atoms with Crippen LogP contribution in [0.1, 0.15) is 22.0 Å². The van der Waals surface area contributed by atoms with E-state index >= 15 is 0 Å². The van der Waals surface area contributed by atoms with E-state index in [0.717, 1.165) is 6.20 Å². The highest BCUT2D eigenvalue weighted by Gasteiger charge is 2.66. The van der Waals surface area contributed by atoms with Gasteiger partial charge >= 0.3 is 12.2 Å². The molecule has 1 aromatic carbocycles. The average molecular weight is 409 g/mol. The summed E-state index contributed by atoms with van der Waals surface area (Å²) >= 11 is 0. The van der Waals surface area contributed by atoms with Crippen LogP contribution in [-0.4, -0.2) is 40.6 Å². The van der Waals surface area contributed by atoms with Crippen molar-refractivity contribution in [2.45, 2.75) is 17.9 Å². The van der Waals surface area contributed by atoms with Gasteiger partial charge < -0.3 is 25.2 Å². The topological polar surface area (TPSA) is 110 Å². The number of Topliss-reactive ketones (excluding diaryl/α,β-unsaturated/α-hetero) is 1. The Morgan fingerprint density at radius 3 is 2.69 bits per heavy atom. The predicted octanol–water partition coefficient (Wildman–Crippen LogP) is 1.91. The van der Waals surface area contributed by atoms with Gasteiger partial charge in [0.2, 0.25) is 12.5 Å². The van der Waals surface area contributed by atoms with Crippen molar-refractivity contribution in [1.82, 2.24) is 15.6 Å². The Morgan fingerprint density at radius 2 is 2.00 bits per heavy atom. The van der Waals surface area contributed by atoms with Gasteiger partial charge in [0.1, 0.15) is 5.92 Å². The normalized spacial score (nSPS) is 25.9. The number of urea groups is 1. The molecule has 2 aromatic rings. The number of carbonyl (C=O) groups excluding carboxylic acids is 2. The first-order valence-electron chi connectivity index (χ1n) is 8.42. The third kappa shape index (κ3) is 3.12. The van der Waals surface area contributed by atoms with Crippen LogP contribution in [0.2, 0.25) is 0 Å². The van der Waals surface area contributed by atoms with Crippen molar-refractivity contribution in [1.29, 1.82) is 0 Å². The van der Waals surface area contributed by atoms with Gasteiger partial charge in [-0.15, -0.1) is 0 Å². The number of hydrogen-bond acceptors (Lipinski definition) is 6. The number of nitrogens with one attached hydrogen (secondary N) is 2. The molecule has 29 heavy (non-hydrogen) atoms. The van der Waals surface area contributed by atoms with E-state index in [2.05, 4.69) is 10.3 Å². The monoisotopic (exact) mass is 409 g/mol. The second kappa shape index (κ2) is 6.62. The molecule has 152 valence electrons. The minimum atomic E-state index is -5.33. The van der Waals surface area contributed by atoms with E-state index in [1.165, 1.54) is 41.8 Å². The van der Waals surface area contributed by atoms with Gasteiger partial charge in [0.15, 0.2) is 17.3 Å². The number of benzene rings is 1. The molecule has 0 bridgehead atoms. The molecule has 0 aliphatic carbocycles. The highest BCUT2D eigenvalue weighted by atomic mass is 19.4. The largest absolute Gasteiger partial charge is 0.454 e. The molecule has 4 rings (SSSR count). The lowest BCUT2D eigenvalue weighted by atomic mass is 9.77. The summed E-state index contributed by atoms with van der Waals surface area (Å²) in [5.74, 6) is -2.56. The smallest absolute Gasteiger partial charge is 0.437 e. The average Bonchev–Trinajstić information content (AvgIpc) is 3.14. The summed E-state index contributed by atoms with van der Waals surface area (Å²) in [6.45, 7) is -0.0676. The lowest BCUT2D eigenvalue weighted by Crippen LogP contribution is -2.72. The maximum Gasteiger partial charge on any atom is 0.437 e. The van der Waals surface area contributed by atoms with Gasteiger partial charge in [-0.2, -0.15) is 13.2 Å². The summed E-state index contributed by atoms with van der Waals surface area (Å²) in [5, 5.41) is 14.3. The Bertz CT molecular complexity index is 969. The Balaban J connectivity index is 1.84. The number of nitrogens with zero attached hydrogens (tertiary/aromatic N) is 1. The molecule has 0 unspecified atom stereocenters. The first-order valence-corrected chi connectivity index (χ1v) is 8.42. The number of carbonyl (C=O) groups is 2. The first-order chi connectivity index (χ1) is 13.7. The van der Waals surface area contributed by atoms with Crippen molar-refractivity contribution in [2.75, 3.05) is 6.79 Å². The summed E-state index contributed by atoms with van der Waals surface area (Å²) in [6, 6.07) is 4.08. The van der Waals surface area contributed by atoms with Crippen LogP contribution in [-0.2, 0) is 0 Å². The SMILES string of the molecule is O=C1N[C@@H](c2ccc3c(c2)OCO3)[C@@H](C(=O)c2cccnc2)[C@](O)(C(F)(F)F)N1. The molecule has 3 atom stereocenters. The third-order valence-electron chi connectivity index (χ3n) is 4.79. The van der Waals surface area contributed by atoms with E-state index in [0.29, 0.717) is 5.75 Å². The molecule has 1 saturated heterocycles. The fourth-order valence-electron chi connectivity index (χ4n) is 3.41. The van der Waals surface area contributed by atoms with Gasteiger partial charge in [0.25, 0.3) is 0 Å². The number of alkyl halides is 3. The second-order valence-corrected chi connectivity index (χ2v) is 6.54. The van der Waals surface area contributed by atoms with E-state index in [1.54, 1.807) is 0 Å². The molecule has 2 amide bonds. The maximum absolute atomic E-state index is 13.8. The van der Waals surface area contributed by atoms with E-state index in [9.17, 15) is 27.9 Å². The summed E-state index contributed by atoms with van der Waals surface area (Å²) < 4.78 is 51.9. The lowest BCUT2D eigenvalue weighted by molar-refractivity contribution is -0.287. The minimum Gasteiger partial charge on any atom is -0.454 e. The van der Waals surface area contributed by atoms with E-state index < -0.39 is 35.7 Å². The number of hydrogen-bond donors (Lipinski definition) is 3. The van der Waals surface area contributed by atoms with Gasteiger partial charge in [-0.05, 0) is 29.8 Å². The molecule has 1 fully saturated rings. The molecule has 3 heterocycles. The van der Waals surface area contributed by atoms with E-state index in [-0.39, 0.29) is 23.7 Å². The van der Waals surface area contributed by atoms with Crippen molar-refractivity contribution in [2.24, 2.45) is 5.92 Å². The summed E-state index contributed by atoms with van der Waals surface area (Å²) in [6.07, 6.45) is -2.89. The fraction of sp³-hybridized carbons (Fsp3) is 0.278. The van der Waals surface area contributed by atoms with Crippen molar-refractivity contribution < 1.29 is 37.3 Å². The Hall–Kier alpha value is -3.34. The number of ketones is 1. The van der Waals surface area contributed by atoms with Crippen LogP contribution in [0.4, 0.5) is 18.0 Å². The summed E-state index contributed by atoms with van der Waals surface area (Å²) in [5.41, 5.74) is -3.82. The number of halogens is 3. The first kappa shape index (κ1) is 19.0. The van der Waals surface area contributed by atoms with Crippen LogP contribution in [0, 0.1) is 5.92 Å². The van der Waals surface area contributed by atoms with Crippen LogP contribution < -0.4 is 20.1 Å². The Morgan fingerprint density at radius 1 is 1.24 bits per heavy atom. The lowest BCUT2D eigenvalue weighted by Gasteiger charge is -2.45. The van der Waals surface area contributed by atoms with E-state index in [4.69, 9.17) is 9.47 Å². The van der Waals surface area contributed by atoms with Gasteiger partial charge in [-0.3, -0.25) is 9.78 Å². The molecule has 3 N–H and O–H groups in total. The highest BCUT2D eigenvalue weighted by molar-refractivity contribution is 6.00. The number of aromatic nitrogens is 1. The van der Waals surface area contributed by atoms with Crippen molar-refractivity contribution in [3.05, 3.63) is 53.9 Å². The van der Waals surface area contributed by atoms with Crippen molar-refractivity contribution in [3.63, 3.8) is 0 Å². The minimum absolute atomic E-state index is 0.0676. The maximum atomic E-state index is 13.8. The number of amides is 2. The number of pyridine rings is 1. The zero-order valence-electron chi connectivity index (χ0n) is 14.6. The molecule has 8 nitrogen and oxygen atoms in total. The molecule has 11 heteroatoms. The highest BCUT2D eigenvalue weighted by Crippen LogP contribution is 2.45. The number of aliphatic hydroxyl groups is 1. The standard InChI is InChI=1S/C18H14F3N3O5/c19-18(20,21)17(27)13(15(25)10-2-1-5-22-7-10)14(23-16(26)24-17)9-3-4-11-12(6-9)29-8-28-11/h1-7,13-14,27H,8H2,(H2,23,24,26)/t13-,14-,17-/m0/s1. The quantitative estimate of drug-likeness (QED) is 0.669. The molecule has 1 aromatic heterocycles. The molecule has 0 saturated carbocycles. The Kier molecular flexibility index (Phi) is 4.34. The van der Waals surface area contributed by atoms with Gasteiger partial charge in [0.05, 0.1) is 6.04 Å². The predicted molar refractivity (Wildman–Crippen MR) is 90.0 cm³/mol. The number of fused-ring (bicyclic) bond motifs is 1.